The summed E-state index contributed by atoms with van der Waals surface area (Å²) in [6.07, 6.45) is 2.13. The van der Waals surface area contributed by atoms with Gasteiger partial charge in [-0.15, -0.1) is 0 Å². The monoisotopic (exact) mass is 275 g/mol. The van der Waals surface area contributed by atoms with Gasteiger partial charge in [0.05, 0.1) is 6.61 Å². The molecule has 0 saturated carbocycles. The van der Waals surface area contributed by atoms with E-state index in [1.54, 1.807) is 0 Å². The van der Waals surface area contributed by atoms with Gasteiger partial charge in [-0.05, 0) is 17.4 Å². The van der Waals surface area contributed by atoms with Crippen molar-refractivity contribution in [2.24, 2.45) is 0 Å². The number of hydrogen-bond donors (Lipinski definition) is 1. The van der Waals surface area contributed by atoms with Crippen molar-refractivity contribution in [1.82, 2.24) is 5.32 Å². The van der Waals surface area contributed by atoms with Crippen molar-refractivity contribution in [2.45, 2.75) is 71.9 Å². The summed E-state index contributed by atoms with van der Waals surface area (Å²) in [5, 5.41) is 3.69. The van der Waals surface area contributed by atoms with Gasteiger partial charge in [0, 0.05) is 29.6 Å². The third kappa shape index (κ3) is 3.17. The van der Waals surface area contributed by atoms with Crippen molar-refractivity contribution >= 4 is 0 Å². The van der Waals surface area contributed by atoms with Crippen LogP contribution in [0.15, 0.2) is 12.1 Å². The molecule has 2 heteroatoms. The van der Waals surface area contributed by atoms with E-state index < -0.39 is 0 Å². The second-order valence-electron chi connectivity index (χ2n) is 7.18. The van der Waals surface area contributed by atoms with Gasteiger partial charge in [0.15, 0.2) is 0 Å². The maximum atomic E-state index is 6.05. The van der Waals surface area contributed by atoms with Crippen LogP contribution in [0.4, 0.5) is 0 Å². The predicted molar refractivity (Wildman–Crippen MR) is 85.6 cm³/mol. The van der Waals surface area contributed by atoms with Crippen molar-refractivity contribution in [2.75, 3.05) is 6.61 Å². The van der Waals surface area contributed by atoms with Crippen molar-refractivity contribution in [3.8, 4) is 5.75 Å². The van der Waals surface area contributed by atoms with Gasteiger partial charge in [-0.1, -0.05) is 53.7 Å². The Bertz CT molecular complexity index is 471. The first-order valence-electron chi connectivity index (χ1n) is 7.89. The van der Waals surface area contributed by atoms with Gasteiger partial charge in [-0.25, -0.2) is 0 Å². The van der Waals surface area contributed by atoms with Crippen LogP contribution in [0, 0.1) is 0 Å². The minimum absolute atomic E-state index is 0.120. The normalized spacial score (nSPS) is 18.9. The van der Waals surface area contributed by atoms with Crippen LogP contribution in [0.25, 0.3) is 0 Å². The topological polar surface area (TPSA) is 21.3 Å². The predicted octanol–water partition coefficient (Wildman–Crippen LogP) is 4.37. The lowest BCUT2D eigenvalue weighted by atomic mass is 9.81. The van der Waals surface area contributed by atoms with Crippen LogP contribution in [0.5, 0.6) is 5.75 Å². The lowest BCUT2D eigenvalue weighted by molar-refractivity contribution is 0.241. The van der Waals surface area contributed by atoms with E-state index in [0.29, 0.717) is 12.1 Å². The highest BCUT2D eigenvalue weighted by molar-refractivity contribution is 5.50. The van der Waals surface area contributed by atoms with E-state index in [-0.39, 0.29) is 5.41 Å². The molecule has 1 aliphatic heterocycles. The quantitative estimate of drug-likeness (QED) is 0.884. The van der Waals surface area contributed by atoms with Crippen LogP contribution in [0.2, 0.25) is 0 Å². The maximum Gasteiger partial charge on any atom is 0.127 e. The highest BCUT2D eigenvalue weighted by Gasteiger charge is 2.29. The molecule has 0 radical (unpaired) electrons. The molecule has 0 amide bonds. The molecule has 1 atom stereocenters. The van der Waals surface area contributed by atoms with Crippen LogP contribution in [-0.4, -0.2) is 12.6 Å². The molecular formula is C18H29NO. The molecule has 2 rings (SSSR count). The van der Waals surface area contributed by atoms with Gasteiger partial charge in [-0.2, -0.15) is 0 Å². The first-order valence-corrected chi connectivity index (χ1v) is 7.89. The molecule has 112 valence electrons. The van der Waals surface area contributed by atoms with Gasteiger partial charge in [0.2, 0.25) is 0 Å². The fourth-order valence-electron chi connectivity index (χ4n) is 2.90. The Kier molecular flexibility index (Phi) is 4.43. The molecule has 20 heavy (non-hydrogen) atoms. The van der Waals surface area contributed by atoms with Crippen LogP contribution < -0.4 is 10.1 Å². The van der Waals surface area contributed by atoms with Crippen molar-refractivity contribution in [1.29, 1.82) is 0 Å². The molecule has 1 heterocycles. The third-order valence-electron chi connectivity index (χ3n) is 3.96. The van der Waals surface area contributed by atoms with Gasteiger partial charge in [-0.3, -0.25) is 0 Å². The molecule has 2 nitrogen and oxygen atoms in total. The standard InChI is InChI=1S/C18H29NO/c1-7-13-10-14-16(19-12(2)3)8-9-20-17(14)15(11-13)18(4,5)6/h10-12,16,19H,7-9H2,1-6H3. The smallest absolute Gasteiger partial charge is 0.127 e. The Labute approximate surface area is 123 Å². The minimum atomic E-state index is 0.120. The van der Waals surface area contributed by atoms with E-state index in [1.165, 1.54) is 16.7 Å². The van der Waals surface area contributed by atoms with E-state index in [4.69, 9.17) is 4.74 Å². The van der Waals surface area contributed by atoms with E-state index >= 15 is 0 Å². The third-order valence-corrected chi connectivity index (χ3v) is 3.96. The van der Waals surface area contributed by atoms with E-state index in [1.807, 2.05) is 0 Å². The largest absolute Gasteiger partial charge is 0.493 e. The average molecular weight is 275 g/mol. The Morgan fingerprint density at radius 1 is 1.30 bits per heavy atom. The Morgan fingerprint density at radius 2 is 2.00 bits per heavy atom. The number of rotatable bonds is 3. The fourth-order valence-corrected chi connectivity index (χ4v) is 2.90. The second kappa shape index (κ2) is 5.77. The second-order valence-corrected chi connectivity index (χ2v) is 7.18. The summed E-state index contributed by atoms with van der Waals surface area (Å²) < 4.78 is 6.05. The molecule has 0 saturated heterocycles. The van der Waals surface area contributed by atoms with Crippen molar-refractivity contribution in [3.63, 3.8) is 0 Å². The van der Waals surface area contributed by atoms with Crippen LogP contribution in [-0.2, 0) is 11.8 Å². The van der Waals surface area contributed by atoms with Crippen LogP contribution >= 0.6 is 0 Å². The zero-order valence-electron chi connectivity index (χ0n) is 13.8. The summed E-state index contributed by atoms with van der Waals surface area (Å²) >= 11 is 0. The Morgan fingerprint density at radius 3 is 2.55 bits per heavy atom. The summed E-state index contributed by atoms with van der Waals surface area (Å²) in [6.45, 7) is 14.3. The summed E-state index contributed by atoms with van der Waals surface area (Å²) in [4.78, 5) is 0. The molecule has 1 N–H and O–H groups in total. The lowest BCUT2D eigenvalue weighted by Crippen LogP contribution is -2.33. The maximum absolute atomic E-state index is 6.05. The van der Waals surface area contributed by atoms with Crippen LogP contribution in [0.1, 0.15) is 70.7 Å². The zero-order chi connectivity index (χ0) is 14.9. The number of benzene rings is 1. The van der Waals surface area contributed by atoms with Crippen molar-refractivity contribution < 1.29 is 4.74 Å². The molecular weight excluding hydrogens is 246 g/mol. The number of ether oxygens (including phenoxy) is 1. The van der Waals surface area contributed by atoms with Crippen molar-refractivity contribution in [3.05, 3.63) is 28.8 Å². The van der Waals surface area contributed by atoms with Crippen LogP contribution in [0.3, 0.4) is 0 Å². The summed E-state index contributed by atoms with van der Waals surface area (Å²) in [7, 11) is 0. The fraction of sp³-hybridized carbons (Fsp3) is 0.667. The lowest BCUT2D eigenvalue weighted by Gasteiger charge is -2.33. The van der Waals surface area contributed by atoms with Gasteiger partial charge < -0.3 is 10.1 Å². The van der Waals surface area contributed by atoms with Gasteiger partial charge in [0.1, 0.15) is 5.75 Å². The summed E-state index contributed by atoms with van der Waals surface area (Å²) in [5.74, 6) is 1.12. The average Bonchev–Trinajstić information content (AvgIpc) is 2.36. The number of fused-ring (bicyclic) bond motifs is 1. The molecule has 1 aliphatic rings. The first-order chi connectivity index (χ1) is 9.32. The molecule has 0 fully saturated rings. The zero-order valence-corrected chi connectivity index (χ0v) is 13.8. The van der Waals surface area contributed by atoms with Gasteiger partial charge in [0.25, 0.3) is 0 Å². The molecule has 1 aromatic carbocycles. The highest BCUT2D eigenvalue weighted by atomic mass is 16.5. The minimum Gasteiger partial charge on any atom is -0.493 e. The van der Waals surface area contributed by atoms with E-state index in [2.05, 4.69) is 59.0 Å². The Balaban J connectivity index is 2.52. The molecule has 1 unspecified atom stereocenters. The summed E-state index contributed by atoms with van der Waals surface area (Å²) in [5.41, 5.74) is 4.24. The number of hydrogen-bond acceptors (Lipinski definition) is 2. The molecule has 1 aromatic rings. The SMILES string of the molecule is CCc1cc2c(c(C(C)(C)C)c1)OCCC2NC(C)C. The molecule has 0 bridgehead atoms. The van der Waals surface area contributed by atoms with E-state index in [0.717, 1.165) is 25.2 Å². The van der Waals surface area contributed by atoms with Gasteiger partial charge >= 0.3 is 0 Å². The first kappa shape index (κ1) is 15.4. The highest BCUT2D eigenvalue weighted by Crippen LogP contribution is 2.41. The Hall–Kier alpha value is -1.02. The van der Waals surface area contributed by atoms with E-state index in [9.17, 15) is 0 Å². The number of aryl methyl sites for hydroxylation is 1. The molecule has 0 spiro atoms. The molecule has 0 aromatic heterocycles. The molecule has 0 aliphatic carbocycles. The number of nitrogens with one attached hydrogen (secondary N) is 1. The summed E-state index contributed by atoms with van der Waals surface area (Å²) in [6, 6.07) is 5.58.